The van der Waals surface area contributed by atoms with Crippen LogP contribution in [-0.2, 0) is 6.42 Å². The van der Waals surface area contributed by atoms with Gasteiger partial charge in [0.15, 0.2) is 0 Å². The lowest BCUT2D eigenvalue weighted by Gasteiger charge is -2.35. The number of halogens is 1. The van der Waals surface area contributed by atoms with Crippen molar-refractivity contribution in [3.8, 4) is 0 Å². The van der Waals surface area contributed by atoms with E-state index in [1.807, 2.05) is 35.2 Å². The number of nitrogens with one attached hydrogen (secondary N) is 2. The molecule has 1 aromatic heterocycles. The first-order chi connectivity index (χ1) is 12.2. The molecule has 5 heteroatoms. The van der Waals surface area contributed by atoms with Crippen molar-refractivity contribution in [3.63, 3.8) is 0 Å². The fourth-order valence-electron chi connectivity index (χ4n) is 3.71. The first-order valence-electron chi connectivity index (χ1n) is 8.60. The number of aromatic nitrogens is 1. The first-order valence-corrected chi connectivity index (χ1v) is 9.68. The van der Waals surface area contributed by atoms with E-state index in [2.05, 4.69) is 58.0 Å². The van der Waals surface area contributed by atoms with Gasteiger partial charge in [0, 0.05) is 32.4 Å². The summed E-state index contributed by atoms with van der Waals surface area (Å²) in [6.07, 6.45) is 1.77. The summed E-state index contributed by atoms with van der Waals surface area (Å²) in [4.78, 5) is 18.4. The van der Waals surface area contributed by atoms with E-state index >= 15 is 0 Å². The fraction of sp³-hybridized carbons (Fsp3) is 0.250. The number of amides is 2. The summed E-state index contributed by atoms with van der Waals surface area (Å²) in [6.45, 7) is 2.87. The second-order valence-electron chi connectivity index (χ2n) is 6.37. The van der Waals surface area contributed by atoms with Crippen LogP contribution >= 0.6 is 22.6 Å². The maximum Gasteiger partial charge on any atom is 0.322 e. The number of para-hydroxylation sites is 1. The van der Waals surface area contributed by atoms with Gasteiger partial charge in [-0.05, 0) is 71.3 Å². The lowest BCUT2D eigenvalue weighted by molar-refractivity contribution is 0.179. The van der Waals surface area contributed by atoms with Gasteiger partial charge < -0.3 is 15.2 Å². The molecular weight excluding hydrogens is 425 g/mol. The van der Waals surface area contributed by atoms with E-state index in [1.165, 1.54) is 16.6 Å². The van der Waals surface area contributed by atoms with Crippen LogP contribution in [0, 0.1) is 3.57 Å². The zero-order valence-electron chi connectivity index (χ0n) is 14.1. The Kier molecular flexibility index (Phi) is 4.41. The van der Waals surface area contributed by atoms with Gasteiger partial charge in [0.1, 0.15) is 0 Å². The van der Waals surface area contributed by atoms with E-state index in [4.69, 9.17) is 0 Å². The number of aromatic amines is 1. The Morgan fingerprint density at radius 3 is 2.76 bits per heavy atom. The summed E-state index contributed by atoms with van der Waals surface area (Å²) in [5, 5.41) is 4.32. The van der Waals surface area contributed by atoms with Crippen molar-refractivity contribution in [1.29, 1.82) is 0 Å². The number of H-pyrrole nitrogens is 1. The zero-order chi connectivity index (χ0) is 17.4. The molecule has 1 atom stereocenters. The molecule has 1 unspecified atom stereocenters. The molecule has 2 N–H and O–H groups in total. The van der Waals surface area contributed by atoms with Crippen molar-refractivity contribution in [2.45, 2.75) is 25.8 Å². The number of hydrogen-bond donors (Lipinski definition) is 2. The number of carbonyl (C=O) groups is 1. The number of fused-ring (bicyclic) bond motifs is 3. The zero-order valence-corrected chi connectivity index (χ0v) is 16.2. The van der Waals surface area contributed by atoms with E-state index in [0.29, 0.717) is 0 Å². The molecule has 4 rings (SSSR count). The van der Waals surface area contributed by atoms with Crippen molar-refractivity contribution < 1.29 is 4.79 Å². The largest absolute Gasteiger partial charge is 0.356 e. The minimum absolute atomic E-state index is 0.0302. The highest BCUT2D eigenvalue weighted by Crippen LogP contribution is 2.36. The number of carbonyl (C=O) groups excluding carboxylic acids is 1. The van der Waals surface area contributed by atoms with E-state index < -0.39 is 0 Å². The molecule has 2 heterocycles. The summed E-state index contributed by atoms with van der Waals surface area (Å²) in [6, 6.07) is 16.3. The lowest BCUT2D eigenvalue weighted by Crippen LogP contribution is -2.42. The Morgan fingerprint density at radius 1 is 1.24 bits per heavy atom. The van der Waals surface area contributed by atoms with E-state index in [-0.39, 0.29) is 12.1 Å². The Labute approximate surface area is 160 Å². The second-order valence-corrected chi connectivity index (χ2v) is 7.61. The van der Waals surface area contributed by atoms with E-state index in [1.54, 1.807) is 0 Å². The average molecular weight is 445 g/mol. The molecule has 0 saturated carbocycles. The molecule has 128 valence electrons. The van der Waals surface area contributed by atoms with Crippen LogP contribution in [-0.4, -0.2) is 22.5 Å². The molecule has 0 radical (unpaired) electrons. The molecule has 25 heavy (non-hydrogen) atoms. The van der Waals surface area contributed by atoms with Crippen LogP contribution in [0.4, 0.5) is 10.5 Å². The summed E-state index contributed by atoms with van der Waals surface area (Å²) < 4.78 is 1.16. The number of hydrogen-bond acceptors (Lipinski definition) is 1. The Bertz CT molecular complexity index is 916. The highest BCUT2D eigenvalue weighted by molar-refractivity contribution is 14.1. The average Bonchev–Trinajstić information content (AvgIpc) is 3.01. The molecule has 0 fully saturated rings. The Hall–Kier alpha value is -2.02. The molecule has 3 aromatic rings. The number of rotatable bonds is 2. The van der Waals surface area contributed by atoms with Crippen molar-refractivity contribution in [2.75, 3.05) is 11.9 Å². The molecule has 2 aromatic carbocycles. The number of anilines is 1. The van der Waals surface area contributed by atoms with E-state index in [9.17, 15) is 4.79 Å². The standard InChI is InChI=1S/C20H20IN3O/c1-2-18-19-16(15-5-3-4-6-17(15)23-19)11-12-24(18)20(25)22-14-9-7-13(21)8-10-14/h3-10,18,23H,2,11-12H2,1H3,(H,22,25). The van der Waals surface area contributed by atoms with Crippen LogP contribution in [0.25, 0.3) is 10.9 Å². The van der Waals surface area contributed by atoms with Crippen molar-refractivity contribution in [2.24, 2.45) is 0 Å². The number of urea groups is 1. The summed E-state index contributed by atoms with van der Waals surface area (Å²) in [5.74, 6) is 0. The lowest BCUT2D eigenvalue weighted by atomic mass is 9.96. The third-order valence-electron chi connectivity index (χ3n) is 4.90. The maximum absolute atomic E-state index is 12.8. The van der Waals surface area contributed by atoms with Crippen LogP contribution in [0.2, 0.25) is 0 Å². The molecule has 0 saturated heterocycles. The van der Waals surface area contributed by atoms with Gasteiger partial charge in [-0.3, -0.25) is 0 Å². The van der Waals surface area contributed by atoms with Crippen molar-refractivity contribution >= 4 is 45.2 Å². The van der Waals surface area contributed by atoms with Crippen LogP contribution in [0.3, 0.4) is 0 Å². The van der Waals surface area contributed by atoms with Gasteiger partial charge in [-0.15, -0.1) is 0 Å². The SMILES string of the molecule is CCC1c2[nH]c3ccccc3c2CCN1C(=O)Nc1ccc(I)cc1. The number of benzene rings is 2. The topological polar surface area (TPSA) is 48.1 Å². The first kappa shape index (κ1) is 16.4. The molecular formula is C20H20IN3O. The Balaban J connectivity index is 1.62. The normalized spacial score (nSPS) is 16.7. The van der Waals surface area contributed by atoms with Gasteiger partial charge in [0.05, 0.1) is 6.04 Å². The van der Waals surface area contributed by atoms with Crippen LogP contribution in [0.5, 0.6) is 0 Å². The molecule has 2 amide bonds. The van der Waals surface area contributed by atoms with Gasteiger partial charge in [-0.1, -0.05) is 25.1 Å². The highest BCUT2D eigenvalue weighted by Gasteiger charge is 2.32. The van der Waals surface area contributed by atoms with Gasteiger partial charge in [-0.25, -0.2) is 4.79 Å². The third-order valence-corrected chi connectivity index (χ3v) is 5.62. The minimum Gasteiger partial charge on any atom is -0.356 e. The highest BCUT2D eigenvalue weighted by atomic mass is 127. The minimum atomic E-state index is -0.0302. The molecule has 4 nitrogen and oxygen atoms in total. The van der Waals surface area contributed by atoms with Crippen molar-refractivity contribution in [1.82, 2.24) is 9.88 Å². The van der Waals surface area contributed by atoms with Crippen LogP contribution in [0.1, 0.15) is 30.6 Å². The predicted molar refractivity (Wildman–Crippen MR) is 110 cm³/mol. The van der Waals surface area contributed by atoms with Crippen LogP contribution < -0.4 is 5.32 Å². The van der Waals surface area contributed by atoms with Gasteiger partial charge in [0.25, 0.3) is 0 Å². The number of nitrogens with zero attached hydrogens (tertiary/aromatic N) is 1. The Morgan fingerprint density at radius 2 is 2.00 bits per heavy atom. The maximum atomic E-state index is 12.8. The molecule has 0 bridgehead atoms. The molecule has 0 spiro atoms. The fourth-order valence-corrected chi connectivity index (χ4v) is 4.07. The smallest absolute Gasteiger partial charge is 0.322 e. The molecule has 0 aliphatic carbocycles. The summed E-state index contributed by atoms with van der Waals surface area (Å²) in [5.41, 5.74) is 4.54. The predicted octanol–water partition coefficient (Wildman–Crippen LogP) is 5.31. The van der Waals surface area contributed by atoms with Gasteiger partial charge in [-0.2, -0.15) is 0 Å². The van der Waals surface area contributed by atoms with Gasteiger partial charge >= 0.3 is 6.03 Å². The molecule has 1 aliphatic rings. The van der Waals surface area contributed by atoms with Crippen LogP contribution in [0.15, 0.2) is 48.5 Å². The van der Waals surface area contributed by atoms with Gasteiger partial charge in [0.2, 0.25) is 0 Å². The third kappa shape index (κ3) is 3.01. The van der Waals surface area contributed by atoms with Crippen molar-refractivity contribution in [3.05, 3.63) is 63.4 Å². The summed E-state index contributed by atoms with van der Waals surface area (Å²) in [7, 11) is 0. The molecule has 1 aliphatic heterocycles. The second kappa shape index (κ2) is 6.71. The van der Waals surface area contributed by atoms with E-state index in [0.717, 1.165) is 34.2 Å². The monoisotopic (exact) mass is 445 g/mol. The summed E-state index contributed by atoms with van der Waals surface area (Å²) >= 11 is 2.26. The quantitative estimate of drug-likeness (QED) is 0.516.